The number of hydrogen-bond donors (Lipinski definition) is 1. The van der Waals surface area contributed by atoms with Gasteiger partial charge in [-0.2, -0.15) is 0 Å². The molecule has 0 aliphatic carbocycles. The van der Waals surface area contributed by atoms with Gasteiger partial charge in [0.05, 0.1) is 13.0 Å². The summed E-state index contributed by atoms with van der Waals surface area (Å²) in [5, 5.41) is 8.79. The van der Waals surface area contributed by atoms with Crippen LogP contribution in [0.3, 0.4) is 0 Å². The number of carbonyl (C=O) groups excluding carboxylic acids is 1. The Kier molecular flexibility index (Phi) is 7.25. The molecule has 0 aromatic carbocycles. The molecule has 0 aromatic heterocycles. The molecular formula is C12H20O4. The van der Waals surface area contributed by atoms with E-state index >= 15 is 0 Å². The van der Waals surface area contributed by atoms with E-state index in [2.05, 4.69) is 18.2 Å². The summed E-state index contributed by atoms with van der Waals surface area (Å²) in [5.41, 5.74) is -0.0802. The molecule has 0 radical (unpaired) electrons. The third-order valence-electron chi connectivity index (χ3n) is 2.53. The number of carbonyl (C=O) groups is 2. The lowest BCUT2D eigenvalue weighted by atomic mass is 9.94. The Morgan fingerprint density at radius 3 is 2.38 bits per heavy atom. The van der Waals surface area contributed by atoms with Crippen LogP contribution in [0.1, 0.15) is 39.0 Å². The molecule has 0 aromatic rings. The van der Waals surface area contributed by atoms with Gasteiger partial charge in [0.25, 0.3) is 0 Å². The van der Waals surface area contributed by atoms with Gasteiger partial charge in [-0.1, -0.05) is 39.2 Å². The van der Waals surface area contributed by atoms with E-state index in [1.54, 1.807) is 0 Å². The fourth-order valence-electron chi connectivity index (χ4n) is 1.50. The zero-order chi connectivity index (χ0) is 12.6. The van der Waals surface area contributed by atoms with Crippen LogP contribution in [-0.2, 0) is 14.3 Å². The second kappa shape index (κ2) is 7.91. The van der Waals surface area contributed by atoms with Crippen molar-refractivity contribution in [3.63, 3.8) is 0 Å². The Hall–Kier alpha value is -1.32. The molecule has 0 aliphatic rings. The summed E-state index contributed by atoms with van der Waals surface area (Å²) in [7, 11) is 1.26. The molecule has 0 rings (SSSR count). The van der Waals surface area contributed by atoms with E-state index in [-0.39, 0.29) is 5.57 Å². The molecule has 0 saturated carbocycles. The Bertz CT molecular complexity index is 258. The van der Waals surface area contributed by atoms with Crippen molar-refractivity contribution in [3.05, 3.63) is 12.2 Å². The molecule has 16 heavy (non-hydrogen) atoms. The minimum Gasteiger partial charge on any atom is -0.478 e. The van der Waals surface area contributed by atoms with Gasteiger partial charge in [0.2, 0.25) is 0 Å². The highest BCUT2D eigenvalue weighted by molar-refractivity contribution is 5.93. The number of esters is 1. The molecule has 0 heterocycles. The first kappa shape index (κ1) is 14.7. The number of unbranched alkanes of at least 4 members (excludes halogenated alkanes) is 3. The minimum absolute atomic E-state index is 0.0802. The standard InChI is InChI=1S/C12H20O4/c1-4-5-6-7-8-10(12(15)16-3)9(2)11(13)14/h10H,2,4-8H2,1,3H3,(H,13,14)/t10-/m0/s1. The average molecular weight is 228 g/mol. The van der Waals surface area contributed by atoms with E-state index in [1.807, 2.05) is 0 Å². The van der Waals surface area contributed by atoms with Crippen LogP contribution in [0.5, 0.6) is 0 Å². The number of aliphatic carboxylic acids is 1. The highest BCUT2D eigenvalue weighted by Gasteiger charge is 2.26. The summed E-state index contributed by atoms with van der Waals surface area (Å²) in [6.07, 6.45) is 4.50. The van der Waals surface area contributed by atoms with Crippen LogP contribution in [0.15, 0.2) is 12.2 Å². The molecule has 0 spiro atoms. The van der Waals surface area contributed by atoms with Crippen molar-refractivity contribution in [1.29, 1.82) is 0 Å². The van der Waals surface area contributed by atoms with E-state index in [0.717, 1.165) is 25.7 Å². The van der Waals surface area contributed by atoms with Crippen LogP contribution in [0.4, 0.5) is 0 Å². The summed E-state index contributed by atoms with van der Waals surface area (Å²) in [6.45, 7) is 5.51. The highest BCUT2D eigenvalue weighted by Crippen LogP contribution is 2.19. The number of carboxylic acid groups (broad SMARTS) is 1. The first-order valence-corrected chi connectivity index (χ1v) is 5.54. The van der Waals surface area contributed by atoms with Crippen LogP contribution in [-0.4, -0.2) is 24.2 Å². The number of rotatable bonds is 8. The lowest BCUT2D eigenvalue weighted by molar-refractivity contribution is -0.146. The molecule has 0 unspecified atom stereocenters. The van der Waals surface area contributed by atoms with Gasteiger partial charge >= 0.3 is 11.9 Å². The van der Waals surface area contributed by atoms with Gasteiger partial charge < -0.3 is 9.84 Å². The lowest BCUT2D eigenvalue weighted by Crippen LogP contribution is -2.22. The van der Waals surface area contributed by atoms with E-state index in [4.69, 9.17) is 5.11 Å². The molecule has 0 aliphatic heterocycles. The van der Waals surface area contributed by atoms with Gasteiger partial charge in [0.1, 0.15) is 0 Å². The maximum absolute atomic E-state index is 11.4. The van der Waals surface area contributed by atoms with Crippen molar-refractivity contribution in [2.75, 3.05) is 7.11 Å². The molecule has 1 atom stereocenters. The second-order valence-corrected chi connectivity index (χ2v) is 3.76. The fraction of sp³-hybridized carbons (Fsp3) is 0.667. The average Bonchev–Trinajstić information content (AvgIpc) is 2.27. The molecule has 1 N–H and O–H groups in total. The first-order valence-electron chi connectivity index (χ1n) is 5.54. The number of hydrogen-bond acceptors (Lipinski definition) is 3. The summed E-state index contributed by atoms with van der Waals surface area (Å²) < 4.78 is 4.58. The van der Waals surface area contributed by atoms with Crippen LogP contribution in [0.25, 0.3) is 0 Å². The summed E-state index contributed by atoms with van der Waals surface area (Å²) in [4.78, 5) is 22.1. The summed E-state index contributed by atoms with van der Waals surface area (Å²) in [5.74, 6) is -2.35. The van der Waals surface area contributed by atoms with Gasteiger partial charge in [-0.3, -0.25) is 4.79 Å². The number of methoxy groups -OCH3 is 1. The quantitative estimate of drug-likeness (QED) is 0.393. The van der Waals surface area contributed by atoms with Gasteiger partial charge in [0.15, 0.2) is 0 Å². The van der Waals surface area contributed by atoms with Crippen molar-refractivity contribution in [2.24, 2.45) is 5.92 Å². The van der Waals surface area contributed by atoms with Crippen molar-refractivity contribution >= 4 is 11.9 Å². The van der Waals surface area contributed by atoms with Crippen molar-refractivity contribution in [1.82, 2.24) is 0 Å². The van der Waals surface area contributed by atoms with Crippen LogP contribution in [0.2, 0.25) is 0 Å². The third kappa shape index (κ3) is 4.96. The van der Waals surface area contributed by atoms with Gasteiger partial charge in [-0.15, -0.1) is 0 Å². The van der Waals surface area contributed by atoms with E-state index < -0.39 is 17.9 Å². The number of ether oxygens (including phenoxy) is 1. The Morgan fingerprint density at radius 2 is 1.94 bits per heavy atom. The Labute approximate surface area is 96.3 Å². The predicted molar refractivity (Wildman–Crippen MR) is 61.0 cm³/mol. The predicted octanol–water partition coefficient (Wildman–Crippen LogP) is 2.39. The molecule has 0 amide bonds. The van der Waals surface area contributed by atoms with Crippen molar-refractivity contribution < 1.29 is 19.4 Å². The first-order chi connectivity index (χ1) is 7.54. The molecule has 0 fully saturated rings. The van der Waals surface area contributed by atoms with Crippen molar-refractivity contribution in [2.45, 2.75) is 39.0 Å². The molecule has 0 bridgehead atoms. The van der Waals surface area contributed by atoms with E-state index in [1.165, 1.54) is 7.11 Å². The Balaban J connectivity index is 4.27. The van der Waals surface area contributed by atoms with Gasteiger partial charge in [0, 0.05) is 5.57 Å². The summed E-state index contributed by atoms with van der Waals surface area (Å²) in [6, 6.07) is 0. The molecule has 4 nitrogen and oxygen atoms in total. The van der Waals surface area contributed by atoms with E-state index in [0.29, 0.717) is 6.42 Å². The number of carboxylic acids is 1. The fourth-order valence-corrected chi connectivity index (χ4v) is 1.50. The van der Waals surface area contributed by atoms with Gasteiger partial charge in [-0.05, 0) is 6.42 Å². The minimum atomic E-state index is -1.13. The van der Waals surface area contributed by atoms with Crippen LogP contribution in [0, 0.1) is 5.92 Å². The largest absolute Gasteiger partial charge is 0.478 e. The Morgan fingerprint density at radius 1 is 1.31 bits per heavy atom. The maximum Gasteiger partial charge on any atom is 0.331 e. The molecular weight excluding hydrogens is 208 g/mol. The molecule has 4 heteroatoms. The SMILES string of the molecule is C=C(C(=O)O)[C@H](CCCCCC)C(=O)OC. The maximum atomic E-state index is 11.4. The zero-order valence-corrected chi connectivity index (χ0v) is 9.99. The van der Waals surface area contributed by atoms with Crippen LogP contribution >= 0.6 is 0 Å². The second-order valence-electron chi connectivity index (χ2n) is 3.76. The van der Waals surface area contributed by atoms with Crippen molar-refractivity contribution in [3.8, 4) is 0 Å². The zero-order valence-electron chi connectivity index (χ0n) is 9.99. The summed E-state index contributed by atoms with van der Waals surface area (Å²) >= 11 is 0. The topological polar surface area (TPSA) is 63.6 Å². The normalized spacial score (nSPS) is 11.9. The monoisotopic (exact) mass is 228 g/mol. The van der Waals surface area contributed by atoms with Gasteiger partial charge in [-0.25, -0.2) is 4.79 Å². The van der Waals surface area contributed by atoms with E-state index in [9.17, 15) is 9.59 Å². The highest BCUT2D eigenvalue weighted by atomic mass is 16.5. The molecule has 0 saturated heterocycles. The lowest BCUT2D eigenvalue weighted by Gasteiger charge is -2.14. The smallest absolute Gasteiger partial charge is 0.331 e. The third-order valence-corrected chi connectivity index (χ3v) is 2.53. The van der Waals surface area contributed by atoms with Crippen LogP contribution < -0.4 is 0 Å². The molecule has 92 valence electrons.